The number of carbonyl (C=O) groups excluding carboxylic acids is 1. The van der Waals surface area contributed by atoms with Gasteiger partial charge in [0, 0.05) is 26.2 Å². The molecule has 4 rings (SSSR count). The molecular formula is C22H24N4O2S. The van der Waals surface area contributed by atoms with Gasteiger partial charge in [0.15, 0.2) is 11.9 Å². The molecule has 150 valence electrons. The van der Waals surface area contributed by atoms with E-state index in [-0.39, 0.29) is 5.91 Å². The van der Waals surface area contributed by atoms with E-state index in [9.17, 15) is 4.79 Å². The van der Waals surface area contributed by atoms with E-state index in [1.165, 1.54) is 0 Å². The van der Waals surface area contributed by atoms with Crippen LogP contribution in [-0.2, 0) is 4.79 Å². The Morgan fingerprint density at radius 3 is 2.55 bits per heavy atom. The van der Waals surface area contributed by atoms with Crippen LogP contribution in [-0.4, -0.2) is 53.3 Å². The van der Waals surface area contributed by atoms with Gasteiger partial charge in [-0.15, -0.1) is 21.5 Å². The summed E-state index contributed by atoms with van der Waals surface area (Å²) < 4.78 is 5.84. The van der Waals surface area contributed by atoms with E-state index < -0.39 is 6.10 Å². The first-order valence-electron chi connectivity index (χ1n) is 9.75. The fourth-order valence-corrected chi connectivity index (χ4v) is 4.10. The van der Waals surface area contributed by atoms with Gasteiger partial charge in [0.1, 0.15) is 11.4 Å². The number of aryl methyl sites for hydroxylation is 1. The quantitative estimate of drug-likeness (QED) is 0.645. The number of ether oxygens (including phenoxy) is 1. The number of thiophene rings is 1. The maximum absolute atomic E-state index is 12.8. The minimum Gasteiger partial charge on any atom is -0.481 e. The summed E-state index contributed by atoms with van der Waals surface area (Å²) in [6, 6.07) is 15.8. The predicted octanol–water partition coefficient (Wildman–Crippen LogP) is 3.63. The normalized spacial score (nSPS) is 15.2. The zero-order valence-corrected chi connectivity index (χ0v) is 17.4. The van der Waals surface area contributed by atoms with E-state index in [1.54, 1.807) is 11.3 Å². The van der Waals surface area contributed by atoms with Crippen molar-refractivity contribution >= 4 is 23.1 Å². The van der Waals surface area contributed by atoms with Crippen molar-refractivity contribution in [3.05, 3.63) is 59.5 Å². The Labute approximate surface area is 174 Å². The van der Waals surface area contributed by atoms with Crippen molar-refractivity contribution in [2.45, 2.75) is 20.0 Å². The van der Waals surface area contributed by atoms with E-state index in [0.717, 1.165) is 40.8 Å². The Bertz CT molecular complexity index is 951. The number of benzene rings is 1. The molecule has 0 bridgehead atoms. The van der Waals surface area contributed by atoms with Gasteiger partial charge in [-0.2, -0.15) is 0 Å². The van der Waals surface area contributed by atoms with Gasteiger partial charge in [0.25, 0.3) is 5.91 Å². The Morgan fingerprint density at radius 2 is 1.90 bits per heavy atom. The third kappa shape index (κ3) is 4.56. The lowest BCUT2D eigenvalue weighted by Gasteiger charge is -2.36. The summed E-state index contributed by atoms with van der Waals surface area (Å²) in [6.45, 7) is 6.58. The zero-order valence-electron chi connectivity index (χ0n) is 16.6. The topological polar surface area (TPSA) is 58.6 Å². The lowest BCUT2D eigenvalue weighted by Crippen LogP contribution is -2.52. The summed E-state index contributed by atoms with van der Waals surface area (Å²) in [5.41, 5.74) is 2.00. The zero-order chi connectivity index (χ0) is 20.2. The third-order valence-electron chi connectivity index (χ3n) is 4.99. The monoisotopic (exact) mass is 408 g/mol. The summed E-state index contributed by atoms with van der Waals surface area (Å²) in [5, 5.41) is 10.8. The maximum atomic E-state index is 12.8. The Balaban J connectivity index is 1.32. The molecule has 1 aliphatic rings. The first kappa shape index (κ1) is 19.4. The molecule has 3 heterocycles. The Kier molecular flexibility index (Phi) is 5.76. The summed E-state index contributed by atoms with van der Waals surface area (Å²) in [4.78, 5) is 17.9. The summed E-state index contributed by atoms with van der Waals surface area (Å²) in [6.07, 6.45) is -0.506. The standard InChI is InChI=1S/C22H24N4O2S/c1-16-5-3-6-18(15-16)28-17(2)22(27)26-12-10-25(11-13-26)21-9-8-19(23-24-21)20-7-4-14-29-20/h3-9,14-15,17H,10-13H2,1-2H3. The molecule has 0 radical (unpaired) electrons. The van der Waals surface area contributed by atoms with Crippen molar-refractivity contribution in [1.82, 2.24) is 15.1 Å². The molecule has 1 fully saturated rings. The van der Waals surface area contributed by atoms with E-state index in [1.807, 2.05) is 72.7 Å². The van der Waals surface area contributed by atoms with Crippen LogP contribution < -0.4 is 9.64 Å². The van der Waals surface area contributed by atoms with Crippen LogP contribution >= 0.6 is 11.3 Å². The number of carbonyl (C=O) groups is 1. The molecule has 1 aromatic carbocycles. The highest BCUT2D eigenvalue weighted by Gasteiger charge is 2.26. The molecule has 1 unspecified atom stereocenters. The minimum atomic E-state index is -0.506. The second-order valence-corrected chi connectivity index (χ2v) is 8.09. The van der Waals surface area contributed by atoms with Gasteiger partial charge in [0.05, 0.1) is 4.88 Å². The highest BCUT2D eigenvalue weighted by molar-refractivity contribution is 7.13. The van der Waals surface area contributed by atoms with E-state index >= 15 is 0 Å². The lowest BCUT2D eigenvalue weighted by molar-refractivity contribution is -0.138. The van der Waals surface area contributed by atoms with Crippen LogP contribution in [0.3, 0.4) is 0 Å². The summed E-state index contributed by atoms with van der Waals surface area (Å²) in [7, 11) is 0. The van der Waals surface area contributed by atoms with Crippen molar-refractivity contribution in [3.8, 4) is 16.3 Å². The average molecular weight is 409 g/mol. The molecule has 1 amide bonds. The number of rotatable bonds is 5. The maximum Gasteiger partial charge on any atom is 0.263 e. The molecule has 1 aliphatic heterocycles. The van der Waals surface area contributed by atoms with Crippen LogP contribution in [0.25, 0.3) is 10.6 Å². The molecule has 3 aromatic rings. The minimum absolute atomic E-state index is 0.0188. The second kappa shape index (κ2) is 8.61. The molecule has 0 spiro atoms. The number of hydrogen-bond donors (Lipinski definition) is 0. The Morgan fingerprint density at radius 1 is 1.07 bits per heavy atom. The summed E-state index contributed by atoms with van der Waals surface area (Å²) in [5.74, 6) is 1.59. The van der Waals surface area contributed by atoms with Crippen molar-refractivity contribution in [2.24, 2.45) is 0 Å². The highest BCUT2D eigenvalue weighted by atomic mass is 32.1. The van der Waals surface area contributed by atoms with E-state index in [4.69, 9.17) is 4.74 Å². The predicted molar refractivity (Wildman–Crippen MR) is 115 cm³/mol. The van der Waals surface area contributed by atoms with Gasteiger partial charge in [-0.25, -0.2) is 0 Å². The number of aromatic nitrogens is 2. The molecule has 29 heavy (non-hydrogen) atoms. The molecule has 0 N–H and O–H groups in total. The van der Waals surface area contributed by atoms with E-state index in [0.29, 0.717) is 13.1 Å². The van der Waals surface area contributed by atoms with Gasteiger partial charge in [-0.05, 0) is 55.1 Å². The van der Waals surface area contributed by atoms with Crippen LogP contribution in [0, 0.1) is 6.92 Å². The smallest absolute Gasteiger partial charge is 0.263 e. The molecule has 1 saturated heterocycles. The molecule has 1 atom stereocenters. The van der Waals surface area contributed by atoms with Crippen molar-refractivity contribution < 1.29 is 9.53 Å². The number of hydrogen-bond acceptors (Lipinski definition) is 6. The van der Waals surface area contributed by atoms with Crippen LogP contribution in [0.5, 0.6) is 5.75 Å². The number of amides is 1. The van der Waals surface area contributed by atoms with Crippen molar-refractivity contribution in [3.63, 3.8) is 0 Å². The van der Waals surface area contributed by atoms with Gasteiger partial charge < -0.3 is 14.5 Å². The molecule has 0 aliphatic carbocycles. The fraction of sp³-hybridized carbons (Fsp3) is 0.318. The van der Waals surface area contributed by atoms with Gasteiger partial charge in [-0.1, -0.05) is 18.2 Å². The first-order valence-corrected chi connectivity index (χ1v) is 10.6. The first-order chi connectivity index (χ1) is 14.1. The van der Waals surface area contributed by atoms with Crippen molar-refractivity contribution in [1.29, 1.82) is 0 Å². The van der Waals surface area contributed by atoms with Gasteiger partial charge in [-0.3, -0.25) is 4.79 Å². The summed E-state index contributed by atoms with van der Waals surface area (Å²) >= 11 is 1.65. The number of anilines is 1. The molecule has 7 heteroatoms. The average Bonchev–Trinajstić information content (AvgIpc) is 3.28. The second-order valence-electron chi connectivity index (χ2n) is 7.14. The van der Waals surface area contributed by atoms with Crippen LogP contribution in [0.2, 0.25) is 0 Å². The van der Waals surface area contributed by atoms with Crippen molar-refractivity contribution in [2.75, 3.05) is 31.1 Å². The van der Waals surface area contributed by atoms with Crippen LogP contribution in [0.1, 0.15) is 12.5 Å². The number of nitrogens with zero attached hydrogens (tertiary/aromatic N) is 4. The van der Waals surface area contributed by atoms with Crippen LogP contribution in [0.4, 0.5) is 5.82 Å². The highest BCUT2D eigenvalue weighted by Crippen LogP contribution is 2.23. The fourth-order valence-electron chi connectivity index (χ4n) is 3.41. The van der Waals surface area contributed by atoms with E-state index in [2.05, 4.69) is 15.1 Å². The largest absolute Gasteiger partial charge is 0.481 e. The Hall–Kier alpha value is -2.93. The van der Waals surface area contributed by atoms with Gasteiger partial charge >= 0.3 is 0 Å². The third-order valence-corrected chi connectivity index (χ3v) is 5.88. The lowest BCUT2D eigenvalue weighted by atomic mass is 10.2. The molecule has 6 nitrogen and oxygen atoms in total. The molecular weight excluding hydrogens is 384 g/mol. The molecule has 0 saturated carbocycles. The SMILES string of the molecule is Cc1cccc(OC(C)C(=O)N2CCN(c3ccc(-c4cccs4)nn3)CC2)c1. The van der Waals surface area contributed by atoms with Crippen LogP contribution in [0.15, 0.2) is 53.9 Å². The molecule has 2 aromatic heterocycles. The number of piperazine rings is 1. The van der Waals surface area contributed by atoms with Gasteiger partial charge in [0.2, 0.25) is 0 Å².